The van der Waals surface area contributed by atoms with Crippen molar-refractivity contribution in [3.8, 4) is 5.75 Å². The van der Waals surface area contributed by atoms with Gasteiger partial charge in [-0.15, -0.1) is 0 Å². The maximum absolute atomic E-state index is 11.9. The third kappa shape index (κ3) is 4.21. The van der Waals surface area contributed by atoms with Crippen LogP contribution in [0.3, 0.4) is 0 Å². The third-order valence-electron chi connectivity index (χ3n) is 3.48. The number of ether oxygens (including phenoxy) is 1. The lowest BCUT2D eigenvalue weighted by molar-refractivity contribution is -0.132. The van der Waals surface area contributed by atoms with Gasteiger partial charge in [0.05, 0.1) is 0 Å². The van der Waals surface area contributed by atoms with Crippen molar-refractivity contribution in [2.45, 2.75) is 20.3 Å². The summed E-state index contributed by atoms with van der Waals surface area (Å²) in [6.07, 6.45) is 1.07. The highest BCUT2D eigenvalue weighted by molar-refractivity contribution is 5.99. The van der Waals surface area contributed by atoms with E-state index < -0.39 is 0 Å². The van der Waals surface area contributed by atoms with Crippen molar-refractivity contribution in [1.82, 2.24) is 10.2 Å². The predicted octanol–water partition coefficient (Wildman–Crippen LogP) is 1.67. The van der Waals surface area contributed by atoms with E-state index in [1.165, 1.54) is 0 Å². The van der Waals surface area contributed by atoms with Crippen LogP contribution in [-0.4, -0.2) is 49.4 Å². The summed E-state index contributed by atoms with van der Waals surface area (Å²) in [4.78, 5) is 18.2. The molecule has 0 saturated heterocycles. The molecule has 0 saturated carbocycles. The number of amides is 1. The summed E-state index contributed by atoms with van der Waals surface area (Å²) in [5, 5.41) is 3.28. The molecule has 1 heterocycles. The lowest BCUT2D eigenvalue weighted by Crippen LogP contribution is -2.34. The SMILES string of the molecule is CCN(CC)C(=O)COc1cccc(C2=NCCCN2)c1. The molecule has 0 radical (unpaired) electrons. The van der Waals surface area contributed by atoms with Gasteiger partial charge in [0.1, 0.15) is 11.6 Å². The van der Waals surface area contributed by atoms with Crippen LogP contribution >= 0.6 is 0 Å². The maximum Gasteiger partial charge on any atom is 0.260 e. The van der Waals surface area contributed by atoms with Gasteiger partial charge in [0.2, 0.25) is 0 Å². The number of nitrogens with zero attached hydrogens (tertiary/aromatic N) is 2. The number of aliphatic imine (C=N–C) groups is 1. The van der Waals surface area contributed by atoms with E-state index >= 15 is 0 Å². The molecule has 21 heavy (non-hydrogen) atoms. The average Bonchev–Trinajstić information content (AvgIpc) is 2.55. The molecule has 1 N–H and O–H groups in total. The molecule has 5 heteroatoms. The summed E-state index contributed by atoms with van der Waals surface area (Å²) in [6, 6.07) is 7.71. The number of likely N-dealkylation sites (N-methyl/N-ethyl adjacent to an activating group) is 1. The molecule has 5 nitrogen and oxygen atoms in total. The Bertz CT molecular complexity index is 510. The van der Waals surface area contributed by atoms with Crippen LogP contribution in [0.4, 0.5) is 0 Å². The maximum atomic E-state index is 11.9. The highest BCUT2D eigenvalue weighted by atomic mass is 16.5. The van der Waals surface area contributed by atoms with E-state index in [-0.39, 0.29) is 12.5 Å². The van der Waals surface area contributed by atoms with E-state index in [1.807, 2.05) is 38.1 Å². The van der Waals surface area contributed by atoms with Crippen molar-refractivity contribution in [3.63, 3.8) is 0 Å². The van der Waals surface area contributed by atoms with Gasteiger partial charge in [0.15, 0.2) is 6.61 Å². The Labute approximate surface area is 126 Å². The van der Waals surface area contributed by atoms with Crippen LogP contribution in [0.1, 0.15) is 25.8 Å². The number of carbonyl (C=O) groups excluding carboxylic acids is 1. The van der Waals surface area contributed by atoms with Crippen LogP contribution in [0.25, 0.3) is 0 Å². The van der Waals surface area contributed by atoms with Gasteiger partial charge in [-0.2, -0.15) is 0 Å². The first-order chi connectivity index (χ1) is 10.2. The van der Waals surface area contributed by atoms with Crippen molar-refractivity contribution in [2.24, 2.45) is 4.99 Å². The zero-order chi connectivity index (χ0) is 15.1. The molecule has 1 aromatic rings. The number of amidine groups is 1. The second-order valence-corrected chi connectivity index (χ2v) is 4.89. The van der Waals surface area contributed by atoms with Crippen LogP contribution in [-0.2, 0) is 4.79 Å². The second-order valence-electron chi connectivity index (χ2n) is 4.89. The Balaban J connectivity index is 1.98. The van der Waals surface area contributed by atoms with Crippen molar-refractivity contribution < 1.29 is 9.53 Å². The molecule has 0 unspecified atom stereocenters. The van der Waals surface area contributed by atoms with Crippen molar-refractivity contribution in [2.75, 3.05) is 32.8 Å². The van der Waals surface area contributed by atoms with E-state index in [0.717, 1.165) is 30.9 Å². The summed E-state index contributed by atoms with van der Waals surface area (Å²) in [5.41, 5.74) is 1.00. The summed E-state index contributed by atoms with van der Waals surface area (Å²) < 4.78 is 5.61. The Hall–Kier alpha value is -2.04. The highest BCUT2D eigenvalue weighted by Gasteiger charge is 2.11. The topological polar surface area (TPSA) is 53.9 Å². The Morgan fingerprint density at radius 3 is 2.86 bits per heavy atom. The molecule has 114 valence electrons. The van der Waals surface area contributed by atoms with E-state index in [2.05, 4.69) is 10.3 Å². The fourth-order valence-corrected chi connectivity index (χ4v) is 2.27. The van der Waals surface area contributed by atoms with E-state index in [9.17, 15) is 4.79 Å². The van der Waals surface area contributed by atoms with Crippen LogP contribution in [0.5, 0.6) is 5.75 Å². The molecule has 1 aromatic carbocycles. The lowest BCUT2D eigenvalue weighted by Gasteiger charge is -2.19. The number of hydrogen-bond acceptors (Lipinski definition) is 4. The molecule has 1 amide bonds. The summed E-state index contributed by atoms with van der Waals surface area (Å²) in [6.45, 7) is 7.23. The lowest BCUT2D eigenvalue weighted by atomic mass is 10.1. The molecule has 1 aliphatic heterocycles. The average molecular weight is 289 g/mol. The third-order valence-corrected chi connectivity index (χ3v) is 3.48. The molecular formula is C16H23N3O2. The van der Waals surface area contributed by atoms with E-state index in [1.54, 1.807) is 4.90 Å². The molecule has 2 rings (SSSR count). The molecule has 0 atom stereocenters. The minimum absolute atomic E-state index is 0.0125. The zero-order valence-electron chi connectivity index (χ0n) is 12.8. The van der Waals surface area contributed by atoms with Crippen molar-refractivity contribution in [3.05, 3.63) is 29.8 Å². The zero-order valence-corrected chi connectivity index (χ0v) is 12.8. The largest absolute Gasteiger partial charge is 0.484 e. The van der Waals surface area contributed by atoms with E-state index in [0.29, 0.717) is 18.8 Å². The Morgan fingerprint density at radius 2 is 2.19 bits per heavy atom. The number of hydrogen-bond donors (Lipinski definition) is 1. The minimum Gasteiger partial charge on any atom is -0.484 e. The monoisotopic (exact) mass is 289 g/mol. The number of benzene rings is 1. The number of nitrogens with one attached hydrogen (secondary N) is 1. The predicted molar refractivity (Wildman–Crippen MR) is 83.9 cm³/mol. The van der Waals surface area contributed by atoms with Gasteiger partial charge in [-0.05, 0) is 32.4 Å². The number of carbonyl (C=O) groups is 1. The molecule has 0 spiro atoms. The van der Waals surface area contributed by atoms with Crippen LogP contribution < -0.4 is 10.1 Å². The Morgan fingerprint density at radius 1 is 1.38 bits per heavy atom. The molecular weight excluding hydrogens is 266 g/mol. The van der Waals surface area contributed by atoms with Gasteiger partial charge >= 0.3 is 0 Å². The van der Waals surface area contributed by atoms with Crippen molar-refractivity contribution >= 4 is 11.7 Å². The first-order valence-corrected chi connectivity index (χ1v) is 7.54. The molecule has 0 bridgehead atoms. The normalized spacial score (nSPS) is 14.1. The first kappa shape index (κ1) is 15.4. The molecule has 0 aromatic heterocycles. The van der Waals surface area contributed by atoms with Gasteiger partial charge in [-0.1, -0.05) is 12.1 Å². The van der Waals surface area contributed by atoms with Crippen LogP contribution in [0.2, 0.25) is 0 Å². The summed E-state index contributed by atoms with van der Waals surface area (Å²) in [5.74, 6) is 1.61. The minimum atomic E-state index is 0.0125. The standard InChI is InChI=1S/C16H23N3O2/c1-3-19(4-2)15(20)12-21-14-8-5-7-13(11-14)16-17-9-6-10-18-16/h5,7-8,11H,3-4,6,9-10,12H2,1-2H3,(H,17,18). The van der Waals surface area contributed by atoms with Gasteiger partial charge in [-0.3, -0.25) is 9.79 Å². The van der Waals surface area contributed by atoms with Crippen LogP contribution in [0.15, 0.2) is 29.3 Å². The smallest absolute Gasteiger partial charge is 0.260 e. The Kier molecular flexibility index (Phi) is 5.60. The van der Waals surface area contributed by atoms with Crippen LogP contribution in [0, 0.1) is 0 Å². The summed E-state index contributed by atoms with van der Waals surface area (Å²) in [7, 11) is 0. The fraction of sp³-hybridized carbons (Fsp3) is 0.500. The van der Waals surface area contributed by atoms with E-state index in [4.69, 9.17) is 4.74 Å². The number of rotatable bonds is 6. The first-order valence-electron chi connectivity index (χ1n) is 7.54. The second kappa shape index (κ2) is 7.67. The van der Waals surface area contributed by atoms with Crippen molar-refractivity contribution in [1.29, 1.82) is 0 Å². The quantitative estimate of drug-likeness (QED) is 0.867. The fourth-order valence-electron chi connectivity index (χ4n) is 2.27. The van der Waals surface area contributed by atoms with Gasteiger partial charge < -0.3 is 15.0 Å². The molecule has 0 fully saturated rings. The molecule has 1 aliphatic rings. The van der Waals surface area contributed by atoms with Gasteiger partial charge in [0, 0.05) is 31.7 Å². The molecule has 0 aliphatic carbocycles. The highest BCUT2D eigenvalue weighted by Crippen LogP contribution is 2.14. The van der Waals surface area contributed by atoms with Gasteiger partial charge in [0.25, 0.3) is 5.91 Å². The summed E-state index contributed by atoms with van der Waals surface area (Å²) >= 11 is 0. The van der Waals surface area contributed by atoms with Gasteiger partial charge in [-0.25, -0.2) is 0 Å².